The molecule has 48 valence electrons. The molecule has 0 radical (unpaired) electrons. The highest BCUT2D eigenvalue weighted by atomic mass is 79.9. The summed E-state index contributed by atoms with van der Waals surface area (Å²) >= 11 is 2.97. The van der Waals surface area contributed by atoms with Gasteiger partial charge in [-0.25, -0.2) is 9.97 Å². The summed E-state index contributed by atoms with van der Waals surface area (Å²) in [5.41, 5.74) is 0. The highest BCUT2D eigenvalue weighted by Gasteiger charge is 1.89. The van der Waals surface area contributed by atoms with E-state index in [9.17, 15) is 0 Å². The van der Waals surface area contributed by atoms with Crippen LogP contribution in [0.2, 0.25) is 0 Å². The standard InChI is InChI=1S/C5H5BrN2O/c1-9-5-3-7-4(6)2-8-5/h2-3H,1H3/i2D,3D. The molecule has 0 unspecified atom stereocenters. The lowest BCUT2D eigenvalue weighted by molar-refractivity contribution is 0.395. The van der Waals surface area contributed by atoms with Gasteiger partial charge in [0.2, 0.25) is 5.88 Å². The van der Waals surface area contributed by atoms with E-state index in [1.54, 1.807) is 0 Å². The molecule has 0 aliphatic heterocycles. The van der Waals surface area contributed by atoms with Crippen LogP contribution in [-0.4, -0.2) is 17.1 Å². The van der Waals surface area contributed by atoms with Gasteiger partial charge in [0.25, 0.3) is 0 Å². The molecule has 3 nitrogen and oxygen atoms in total. The molecule has 0 atom stereocenters. The van der Waals surface area contributed by atoms with Crippen molar-refractivity contribution in [2.24, 2.45) is 0 Å². The van der Waals surface area contributed by atoms with E-state index < -0.39 is 0 Å². The molecule has 0 spiro atoms. The maximum absolute atomic E-state index is 7.20. The van der Waals surface area contributed by atoms with Gasteiger partial charge in [0.1, 0.15) is 4.60 Å². The molecule has 0 bridgehead atoms. The lowest BCUT2D eigenvalue weighted by Crippen LogP contribution is -1.87. The van der Waals surface area contributed by atoms with Gasteiger partial charge in [-0.15, -0.1) is 0 Å². The SMILES string of the molecule is [2H]c1nc(OC)c([2H])nc1Br. The highest BCUT2D eigenvalue weighted by molar-refractivity contribution is 9.10. The summed E-state index contributed by atoms with van der Waals surface area (Å²) in [5.74, 6) is 0.0678. The molecule has 0 fully saturated rings. The summed E-state index contributed by atoms with van der Waals surface area (Å²) < 4.78 is 19.3. The Morgan fingerprint density at radius 1 is 1.67 bits per heavy atom. The molecule has 0 saturated heterocycles. The van der Waals surface area contributed by atoms with Gasteiger partial charge in [0, 0.05) is 0 Å². The largest absolute Gasteiger partial charge is 0.480 e. The van der Waals surface area contributed by atoms with E-state index in [2.05, 4.69) is 30.6 Å². The number of rotatable bonds is 1. The zero-order valence-electron chi connectivity index (χ0n) is 6.68. The van der Waals surface area contributed by atoms with Gasteiger partial charge in [-0.2, -0.15) is 0 Å². The van der Waals surface area contributed by atoms with E-state index in [1.165, 1.54) is 7.11 Å². The Hall–Kier alpha value is -0.640. The minimum Gasteiger partial charge on any atom is -0.480 e. The van der Waals surface area contributed by atoms with Gasteiger partial charge >= 0.3 is 0 Å². The summed E-state index contributed by atoms with van der Waals surface area (Å²) in [6, 6.07) is 0. The molecule has 1 aromatic heterocycles. The average Bonchev–Trinajstić information content (AvgIpc) is 1.97. The van der Waals surface area contributed by atoms with Crippen LogP contribution in [0.5, 0.6) is 5.88 Å². The number of ether oxygens (including phenoxy) is 1. The van der Waals surface area contributed by atoms with Gasteiger partial charge in [-0.3, -0.25) is 0 Å². The maximum Gasteiger partial charge on any atom is 0.232 e. The van der Waals surface area contributed by atoms with Crippen LogP contribution < -0.4 is 4.74 Å². The normalized spacial score (nSPS) is 12.2. The van der Waals surface area contributed by atoms with Crippen molar-refractivity contribution in [1.82, 2.24) is 9.97 Å². The summed E-state index contributed by atoms with van der Waals surface area (Å²) in [6.45, 7) is 0. The minimum atomic E-state index is -0.0737. The second-order valence-electron chi connectivity index (χ2n) is 1.25. The molecular weight excluding hydrogens is 184 g/mol. The third kappa shape index (κ3) is 1.64. The lowest BCUT2D eigenvalue weighted by Gasteiger charge is -1.94. The minimum absolute atomic E-state index is 0.0298. The predicted molar refractivity (Wildman–Crippen MR) is 36.3 cm³/mol. The Balaban J connectivity index is 3.21. The Bertz CT molecular complexity index is 281. The number of methoxy groups -OCH3 is 1. The van der Waals surface area contributed by atoms with Crippen LogP contribution in [0.1, 0.15) is 2.74 Å². The van der Waals surface area contributed by atoms with Gasteiger partial charge in [0.15, 0.2) is 0 Å². The number of aromatic nitrogens is 2. The van der Waals surface area contributed by atoms with Crippen molar-refractivity contribution in [1.29, 1.82) is 0 Å². The Morgan fingerprint density at radius 2 is 2.44 bits per heavy atom. The molecule has 9 heavy (non-hydrogen) atoms. The summed E-state index contributed by atoms with van der Waals surface area (Å²) in [7, 11) is 1.38. The van der Waals surface area contributed by atoms with Gasteiger partial charge in [-0.05, 0) is 15.9 Å². The highest BCUT2D eigenvalue weighted by Crippen LogP contribution is 2.06. The number of nitrogens with zero attached hydrogens (tertiary/aromatic N) is 2. The molecule has 0 saturated carbocycles. The molecule has 1 heterocycles. The number of hydrogen-bond acceptors (Lipinski definition) is 3. The van der Waals surface area contributed by atoms with Crippen LogP contribution in [0.25, 0.3) is 0 Å². The first-order chi connectivity index (χ1) is 5.15. The van der Waals surface area contributed by atoms with E-state index in [0.717, 1.165) is 0 Å². The van der Waals surface area contributed by atoms with Crippen molar-refractivity contribution in [3.8, 4) is 5.88 Å². The first kappa shape index (κ1) is 4.22. The van der Waals surface area contributed by atoms with Crippen LogP contribution in [0.15, 0.2) is 16.9 Å². The van der Waals surface area contributed by atoms with Crippen LogP contribution in [0, 0.1) is 0 Å². The molecule has 0 aromatic carbocycles. The fourth-order valence-electron chi connectivity index (χ4n) is 0.335. The van der Waals surface area contributed by atoms with Gasteiger partial charge in [0.05, 0.1) is 22.2 Å². The molecule has 0 amide bonds. The van der Waals surface area contributed by atoms with Crippen LogP contribution in [0.4, 0.5) is 0 Å². The summed E-state index contributed by atoms with van der Waals surface area (Å²) in [5, 5.41) is 0. The number of halogens is 1. The van der Waals surface area contributed by atoms with Crippen molar-refractivity contribution in [3.63, 3.8) is 0 Å². The molecule has 4 heteroatoms. The summed E-state index contributed by atoms with van der Waals surface area (Å²) in [6.07, 6.45) is -0.103. The van der Waals surface area contributed by atoms with Crippen LogP contribution >= 0.6 is 15.9 Å². The van der Waals surface area contributed by atoms with Crippen LogP contribution in [-0.2, 0) is 0 Å². The van der Waals surface area contributed by atoms with Gasteiger partial charge in [-0.1, -0.05) is 0 Å². The molecule has 1 aromatic rings. The average molecular weight is 191 g/mol. The second-order valence-corrected chi connectivity index (χ2v) is 2.00. The van der Waals surface area contributed by atoms with Crippen molar-refractivity contribution < 1.29 is 7.48 Å². The first-order valence-electron chi connectivity index (χ1n) is 3.20. The fraction of sp³-hybridized carbons (Fsp3) is 0.200. The zero-order valence-corrected chi connectivity index (χ0v) is 6.27. The molecular formula is C5H5BrN2O. The van der Waals surface area contributed by atoms with Crippen molar-refractivity contribution in [2.75, 3.05) is 7.11 Å². The zero-order chi connectivity index (χ0) is 8.43. The first-order valence-corrected chi connectivity index (χ1v) is 2.99. The Labute approximate surface area is 64.0 Å². The van der Waals surface area contributed by atoms with Crippen molar-refractivity contribution in [3.05, 3.63) is 16.9 Å². The van der Waals surface area contributed by atoms with E-state index in [1.807, 2.05) is 0 Å². The maximum atomic E-state index is 7.20. The topological polar surface area (TPSA) is 35.0 Å². The van der Waals surface area contributed by atoms with Gasteiger partial charge < -0.3 is 4.74 Å². The van der Waals surface area contributed by atoms with E-state index in [0.29, 0.717) is 0 Å². The summed E-state index contributed by atoms with van der Waals surface area (Å²) in [4.78, 5) is 7.29. The van der Waals surface area contributed by atoms with E-state index in [4.69, 9.17) is 2.74 Å². The Kier molecular flexibility index (Phi) is 1.30. The monoisotopic (exact) mass is 190 g/mol. The fourth-order valence-corrected chi connectivity index (χ4v) is 0.512. The molecule has 0 aliphatic rings. The van der Waals surface area contributed by atoms with E-state index >= 15 is 0 Å². The number of hydrogen-bond donors (Lipinski definition) is 0. The molecule has 0 N–H and O–H groups in total. The van der Waals surface area contributed by atoms with Crippen LogP contribution in [0.3, 0.4) is 0 Å². The van der Waals surface area contributed by atoms with Crippen molar-refractivity contribution in [2.45, 2.75) is 0 Å². The quantitative estimate of drug-likeness (QED) is 0.669. The predicted octanol–water partition coefficient (Wildman–Crippen LogP) is 1.25. The third-order valence-electron chi connectivity index (χ3n) is 0.693. The second kappa shape index (κ2) is 2.77. The molecule has 1 rings (SSSR count). The third-order valence-corrected chi connectivity index (χ3v) is 1.05. The van der Waals surface area contributed by atoms with E-state index in [-0.39, 0.29) is 22.8 Å². The van der Waals surface area contributed by atoms with Crippen molar-refractivity contribution >= 4 is 15.9 Å². The smallest absolute Gasteiger partial charge is 0.232 e. The lowest BCUT2D eigenvalue weighted by atomic mass is 10.7. The Morgan fingerprint density at radius 3 is 3.11 bits per heavy atom. The molecule has 0 aliphatic carbocycles.